The van der Waals surface area contributed by atoms with E-state index < -0.39 is 0 Å². The molecule has 1 fully saturated rings. The Kier molecular flexibility index (Phi) is 1.82. The summed E-state index contributed by atoms with van der Waals surface area (Å²) in [4.78, 5) is 11.6. The number of esters is 1. The molecule has 0 aromatic heterocycles. The Morgan fingerprint density at radius 3 is 2.43 bits per heavy atom. The van der Waals surface area contributed by atoms with E-state index in [0.717, 1.165) is 6.42 Å². The van der Waals surface area contributed by atoms with Crippen molar-refractivity contribution in [3.05, 3.63) is 12.2 Å². The van der Waals surface area contributed by atoms with Crippen molar-refractivity contribution >= 4 is 5.97 Å². The van der Waals surface area contributed by atoms with Gasteiger partial charge in [-0.25, -0.2) is 0 Å². The van der Waals surface area contributed by atoms with Gasteiger partial charge in [0, 0.05) is 0 Å². The van der Waals surface area contributed by atoms with Gasteiger partial charge in [0.25, 0.3) is 0 Å². The van der Waals surface area contributed by atoms with Gasteiger partial charge in [-0.05, 0) is 23.2 Å². The Morgan fingerprint density at radius 2 is 2.07 bits per heavy atom. The fourth-order valence-corrected chi connectivity index (χ4v) is 3.09. The van der Waals surface area contributed by atoms with E-state index in [1.165, 1.54) is 7.11 Å². The highest BCUT2D eigenvalue weighted by molar-refractivity contribution is 5.74. The van der Waals surface area contributed by atoms with E-state index in [2.05, 4.69) is 32.9 Å². The molecule has 2 heteroatoms. The standard InChI is InChI=1S/C12H18O2/c1-11(2)9-5-6-12(11,3)7-8(9)10(13)14-4/h5-6,8-9H,7H2,1-4H3. The molecule has 2 aliphatic carbocycles. The maximum absolute atomic E-state index is 11.6. The summed E-state index contributed by atoms with van der Waals surface area (Å²) in [5.41, 5.74) is 0.377. The molecule has 0 spiro atoms. The molecule has 0 aromatic carbocycles. The van der Waals surface area contributed by atoms with Crippen molar-refractivity contribution in [3.8, 4) is 0 Å². The maximum atomic E-state index is 11.6. The molecule has 1 saturated carbocycles. The minimum Gasteiger partial charge on any atom is -0.469 e. The van der Waals surface area contributed by atoms with Crippen molar-refractivity contribution < 1.29 is 9.53 Å². The van der Waals surface area contributed by atoms with E-state index in [4.69, 9.17) is 4.74 Å². The smallest absolute Gasteiger partial charge is 0.309 e. The van der Waals surface area contributed by atoms with Crippen LogP contribution in [0.15, 0.2) is 12.2 Å². The second-order valence-electron chi connectivity index (χ2n) is 5.36. The maximum Gasteiger partial charge on any atom is 0.309 e. The summed E-state index contributed by atoms with van der Waals surface area (Å²) in [6.07, 6.45) is 5.41. The number of hydrogen-bond donors (Lipinski definition) is 0. The van der Waals surface area contributed by atoms with E-state index in [0.29, 0.717) is 5.92 Å². The highest BCUT2D eigenvalue weighted by atomic mass is 16.5. The number of hydrogen-bond acceptors (Lipinski definition) is 2. The molecule has 0 radical (unpaired) electrons. The fraction of sp³-hybridized carbons (Fsp3) is 0.750. The number of carbonyl (C=O) groups excluding carboxylic acids is 1. The number of rotatable bonds is 1. The lowest BCUT2D eigenvalue weighted by Crippen LogP contribution is -2.28. The van der Waals surface area contributed by atoms with Crippen LogP contribution in [0.5, 0.6) is 0 Å². The molecule has 2 rings (SSSR count). The average Bonchev–Trinajstić information content (AvgIpc) is 2.47. The third kappa shape index (κ3) is 0.943. The van der Waals surface area contributed by atoms with E-state index in [-0.39, 0.29) is 22.7 Å². The molecule has 0 aromatic rings. The normalized spacial score (nSPS) is 42.9. The summed E-state index contributed by atoms with van der Waals surface area (Å²) in [6.45, 7) is 6.74. The van der Waals surface area contributed by atoms with E-state index in [1.807, 2.05) is 0 Å². The first-order valence-corrected chi connectivity index (χ1v) is 5.19. The molecular weight excluding hydrogens is 176 g/mol. The van der Waals surface area contributed by atoms with Crippen LogP contribution in [0.4, 0.5) is 0 Å². The van der Waals surface area contributed by atoms with E-state index in [9.17, 15) is 4.79 Å². The molecule has 14 heavy (non-hydrogen) atoms. The second kappa shape index (κ2) is 2.62. The molecule has 0 amide bonds. The van der Waals surface area contributed by atoms with Crippen molar-refractivity contribution in [2.45, 2.75) is 27.2 Å². The zero-order valence-corrected chi connectivity index (χ0v) is 9.33. The van der Waals surface area contributed by atoms with Gasteiger partial charge in [0.1, 0.15) is 0 Å². The molecule has 0 saturated heterocycles. The van der Waals surface area contributed by atoms with Crippen LogP contribution in [-0.2, 0) is 9.53 Å². The Bertz CT molecular complexity index is 303. The Balaban J connectivity index is 2.32. The molecule has 2 aliphatic rings. The van der Waals surface area contributed by atoms with E-state index >= 15 is 0 Å². The van der Waals surface area contributed by atoms with Crippen LogP contribution in [0, 0.1) is 22.7 Å². The largest absolute Gasteiger partial charge is 0.469 e. The van der Waals surface area contributed by atoms with Crippen molar-refractivity contribution in [1.29, 1.82) is 0 Å². The van der Waals surface area contributed by atoms with Gasteiger partial charge in [-0.1, -0.05) is 32.9 Å². The van der Waals surface area contributed by atoms with Gasteiger partial charge >= 0.3 is 5.97 Å². The van der Waals surface area contributed by atoms with Crippen molar-refractivity contribution in [2.24, 2.45) is 22.7 Å². The van der Waals surface area contributed by atoms with Crippen molar-refractivity contribution in [1.82, 2.24) is 0 Å². The van der Waals surface area contributed by atoms with Crippen LogP contribution >= 0.6 is 0 Å². The van der Waals surface area contributed by atoms with Crippen molar-refractivity contribution in [3.63, 3.8) is 0 Å². The molecule has 0 N–H and O–H groups in total. The zero-order chi connectivity index (χ0) is 10.6. The van der Waals surface area contributed by atoms with Crippen molar-refractivity contribution in [2.75, 3.05) is 7.11 Å². The van der Waals surface area contributed by atoms with Gasteiger partial charge in [0.05, 0.1) is 13.0 Å². The summed E-state index contributed by atoms with van der Waals surface area (Å²) in [5, 5.41) is 0. The number of fused-ring (bicyclic) bond motifs is 2. The first-order chi connectivity index (χ1) is 6.42. The lowest BCUT2D eigenvalue weighted by atomic mass is 9.70. The summed E-state index contributed by atoms with van der Waals surface area (Å²) in [5.74, 6) is 0.390. The lowest BCUT2D eigenvalue weighted by Gasteiger charge is -2.33. The number of carbonyl (C=O) groups is 1. The molecule has 3 atom stereocenters. The molecular formula is C12H18O2. The Labute approximate surface area is 85.3 Å². The molecule has 3 unspecified atom stereocenters. The van der Waals surface area contributed by atoms with Crippen LogP contribution in [-0.4, -0.2) is 13.1 Å². The van der Waals surface area contributed by atoms with Gasteiger partial charge in [-0.3, -0.25) is 4.79 Å². The van der Waals surface area contributed by atoms with Gasteiger partial charge in [0.2, 0.25) is 0 Å². The number of allylic oxidation sites excluding steroid dienone is 2. The molecule has 0 heterocycles. The molecule has 2 nitrogen and oxygen atoms in total. The minimum absolute atomic E-state index is 0.0452. The summed E-state index contributed by atoms with van der Waals surface area (Å²) < 4.78 is 4.85. The average molecular weight is 194 g/mol. The third-order valence-electron chi connectivity index (χ3n) is 4.56. The first-order valence-electron chi connectivity index (χ1n) is 5.19. The molecule has 0 aliphatic heterocycles. The Hall–Kier alpha value is -0.790. The monoisotopic (exact) mass is 194 g/mol. The topological polar surface area (TPSA) is 26.3 Å². The van der Waals surface area contributed by atoms with E-state index in [1.54, 1.807) is 0 Å². The van der Waals surface area contributed by atoms with Gasteiger partial charge in [0.15, 0.2) is 0 Å². The molecule has 2 bridgehead atoms. The van der Waals surface area contributed by atoms with Crippen LogP contribution in [0.1, 0.15) is 27.2 Å². The summed E-state index contributed by atoms with van der Waals surface area (Å²) >= 11 is 0. The van der Waals surface area contributed by atoms with Gasteiger partial charge in [-0.15, -0.1) is 0 Å². The second-order valence-corrected chi connectivity index (χ2v) is 5.36. The zero-order valence-electron chi connectivity index (χ0n) is 9.33. The highest BCUT2D eigenvalue weighted by Crippen LogP contribution is 2.64. The first kappa shape index (κ1) is 9.75. The number of methoxy groups -OCH3 is 1. The van der Waals surface area contributed by atoms with Crippen LogP contribution in [0.2, 0.25) is 0 Å². The predicted octanol–water partition coefficient (Wildman–Crippen LogP) is 2.40. The third-order valence-corrected chi connectivity index (χ3v) is 4.56. The molecule has 78 valence electrons. The minimum atomic E-state index is -0.0452. The SMILES string of the molecule is COC(=O)C1CC2(C)C=CC1C2(C)C. The summed E-state index contributed by atoms with van der Waals surface area (Å²) in [6, 6.07) is 0. The Morgan fingerprint density at radius 1 is 1.43 bits per heavy atom. The van der Waals surface area contributed by atoms with Crippen LogP contribution in [0.3, 0.4) is 0 Å². The van der Waals surface area contributed by atoms with Gasteiger partial charge in [-0.2, -0.15) is 0 Å². The lowest BCUT2D eigenvalue weighted by molar-refractivity contribution is -0.146. The highest BCUT2D eigenvalue weighted by Gasteiger charge is 2.59. The quantitative estimate of drug-likeness (QED) is 0.473. The predicted molar refractivity (Wildman–Crippen MR) is 54.6 cm³/mol. The van der Waals surface area contributed by atoms with Crippen LogP contribution < -0.4 is 0 Å². The van der Waals surface area contributed by atoms with Crippen LogP contribution in [0.25, 0.3) is 0 Å². The fourth-order valence-electron chi connectivity index (χ4n) is 3.09. The van der Waals surface area contributed by atoms with Gasteiger partial charge < -0.3 is 4.74 Å². The number of ether oxygens (including phenoxy) is 1. The summed E-state index contributed by atoms with van der Waals surface area (Å²) in [7, 11) is 1.48.